The van der Waals surface area contributed by atoms with Gasteiger partial charge >= 0.3 is 0 Å². The first-order chi connectivity index (χ1) is 8.66. The van der Waals surface area contributed by atoms with Crippen LogP contribution >= 0.6 is 0 Å². The van der Waals surface area contributed by atoms with Crippen molar-refractivity contribution in [2.45, 2.75) is 45.1 Å². The fourth-order valence-corrected chi connectivity index (χ4v) is 2.95. The summed E-state index contributed by atoms with van der Waals surface area (Å²) in [4.78, 5) is 6.86. The third-order valence-electron chi connectivity index (χ3n) is 3.78. The maximum absolute atomic E-state index is 5.91. The normalized spacial score (nSPS) is 17.9. The number of nitrogens with zero attached hydrogens (tertiary/aromatic N) is 2. The van der Waals surface area contributed by atoms with E-state index < -0.39 is 0 Å². The largest absolute Gasteiger partial charge is 0.359 e. The number of anilines is 1. The van der Waals surface area contributed by atoms with E-state index in [0.717, 1.165) is 24.7 Å². The van der Waals surface area contributed by atoms with Crippen molar-refractivity contribution in [1.82, 2.24) is 4.98 Å². The fourth-order valence-electron chi connectivity index (χ4n) is 2.95. The SMILES string of the molecule is CC(N)Cc1cccnc1N(C)CC1CCCC1. The zero-order valence-corrected chi connectivity index (χ0v) is 11.6. The Hall–Kier alpha value is -1.09. The van der Waals surface area contributed by atoms with Crippen molar-refractivity contribution in [1.29, 1.82) is 0 Å². The lowest BCUT2D eigenvalue weighted by Crippen LogP contribution is -2.27. The summed E-state index contributed by atoms with van der Waals surface area (Å²) in [7, 11) is 2.16. The molecule has 0 radical (unpaired) electrons. The predicted octanol–water partition coefficient (Wildman–Crippen LogP) is 2.60. The molecular weight excluding hydrogens is 222 g/mol. The minimum Gasteiger partial charge on any atom is -0.359 e. The van der Waals surface area contributed by atoms with Crippen LogP contribution in [0.1, 0.15) is 38.2 Å². The van der Waals surface area contributed by atoms with Gasteiger partial charge in [0.15, 0.2) is 0 Å². The molecular formula is C15H25N3. The maximum Gasteiger partial charge on any atom is 0.131 e. The molecule has 1 fully saturated rings. The van der Waals surface area contributed by atoms with Gasteiger partial charge < -0.3 is 10.6 Å². The van der Waals surface area contributed by atoms with E-state index in [1.807, 2.05) is 19.2 Å². The molecule has 0 amide bonds. The standard InChI is InChI=1S/C15H25N3/c1-12(16)10-14-8-5-9-17-15(14)18(2)11-13-6-3-4-7-13/h5,8-9,12-13H,3-4,6-7,10-11,16H2,1-2H3. The molecule has 18 heavy (non-hydrogen) atoms. The summed E-state index contributed by atoms with van der Waals surface area (Å²) in [6.45, 7) is 3.18. The van der Waals surface area contributed by atoms with E-state index in [1.54, 1.807) is 0 Å². The average Bonchev–Trinajstić information content (AvgIpc) is 2.81. The highest BCUT2D eigenvalue weighted by Crippen LogP contribution is 2.27. The average molecular weight is 247 g/mol. The van der Waals surface area contributed by atoms with Gasteiger partial charge in [0.2, 0.25) is 0 Å². The van der Waals surface area contributed by atoms with E-state index in [4.69, 9.17) is 5.73 Å². The third-order valence-corrected chi connectivity index (χ3v) is 3.78. The molecule has 1 aromatic rings. The fraction of sp³-hybridized carbons (Fsp3) is 0.667. The van der Waals surface area contributed by atoms with Gasteiger partial charge in [-0.3, -0.25) is 0 Å². The lowest BCUT2D eigenvalue weighted by atomic mass is 10.1. The highest BCUT2D eigenvalue weighted by molar-refractivity contribution is 5.46. The van der Waals surface area contributed by atoms with Crippen LogP contribution in [0.5, 0.6) is 0 Å². The van der Waals surface area contributed by atoms with Gasteiger partial charge in [0, 0.05) is 25.8 Å². The van der Waals surface area contributed by atoms with Crippen LogP contribution in [0, 0.1) is 5.92 Å². The minimum atomic E-state index is 0.188. The smallest absolute Gasteiger partial charge is 0.131 e. The molecule has 3 nitrogen and oxygen atoms in total. The topological polar surface area (TPSA) is 42.1 Å². The molecule has 1 unspecified atom stereocenters. The van der Waals surface area contributed by atoms with Crippen LogP contribution in [0.15, 0.2) is 18.3 Å². The summed E-state index contributed by atoms with van der Waals surface area (Å²) in [5.74, 6) is 1.96. The van der Waals surface area contributed by atoms with Crippen molar-refractivity contribution in [3.05, 3.63) is 23.9 Å². The lowest BCUT2D eigenvalue weighted by molar-refractivity contribution is 0.544. The predicted molar refractivity (Wildman–Crippen MR) is 76.8 cm³/mol. The van der Waals surface area contributed by atoms with E-state index >= 15 is 0 Å². The van der Waals surface area contributed by atoms with Crippen molar-refractivity contribution in [3.63, 3.8) is 0 Å². The monoisotopic (exact) mass is 247 g/mol. The first kappa shape index (κ1) is 13.3. The molecule has 2 N–H and O–H groups in total. The highest BCUT2D eigenvalue weighted by atomic mass is 15.2. The lowest BCUT2D eigenvalue weighted by Gasteiger charge is -2.24. The Balaban J connectivity index is 2.05. The number of rotatable bonds is 5. The first-order valence-corrected chi connectivity index (χ1v) is 7.07. The minimum absolute atomic E-state index is 0.188. The van der Waals surface area contributed by atoms with Crippen LogP contribution in [-0.4, -0.2) is 24.6 Å². The number of hydrogen-bond acceptors (Lipinski definition) is 3. The summed E-state index contributed by atoms with van der Waals surface area (Å²) >= 11 is 0. The molecule has 0 bridgehead atoms. The Bertz CT molecular complexity index is 370. The van der Waals surface area contributed by atoms with Gasteiger partial charge in [-0.2, -0.15) is 0 Å². The number of aromatic nitrogens is 1. The van der Waals surface area contributed by atoms with Crippen molar-refractivity contribution < 1.29 is 0 Å². The van der Waals surface area contributed by atoms with Crippen molar-refractivity contribution in [2.24, 2.45) is 11.7 Å². The van der Waals surface area contributed by atoms with Gasteiger partial charge in [-0.25, -0.2) is 4.98 Å². The molecule has 0 aromatic carbocycles. The molecule has 2 rings (SSSR count). The highest BCUT2D eigenvalue weighted by Gasteiger charge is 2.18. The zero-order chi connectivity index (χ0) is 13.0. The van der Waals surface area contributed by atoms with E-state index in [0.29, 0.717) is 0 Å². The summed E-state index contributed by atoms with van der Waals surface area (Å²) in [5, 5.41) is 0. The Labute approximate surface area is 110 Å². The maximum atomic E-state index is 5.91. The summed E-state index contributed by atoms with van der Waals surface area (Å²) in [5.41, 5.74) is 7.18. The summed E-state index contributed by atoms with van der Waals surface area (Å²) in [6.07, 6.45) is 8.32. The van der Waals surface area contributed by atoms with Crippen LogP contribution in [-0.2, 0) is 6.42 Å². The van der Waals surface area contributed by atoms with E-state index in [9.17, 15) is 0 Å². The summed E-state index contributed by atoms with van der Waals surface area (Å²) < 4.78 is 0. The molecule has 0 aliphatic heterocycles. The molecule has 1 saturated carbocycles. The Morgan fingerprint density at radius 3 is 2.83 bits per heavy atom. The molecule has 1 atom stereocenters. The van der Waals surface area contributed by atoms with Gasteiger partial charge in [-0.15, -0.1) is 0 Å². The van der Waals surface area contributed by atoms with Crippen molar-refractivity contribution in [2.75, 3.05) is 18.5 Å². The van der Waals surface area contributed by atoms with Crippen molar-refractivity contribution in [3.8, 4) is 0 Å². The van der Waals surface area contributed by atoms with Crippen LogP contribution in [0.25, 0.3) is 0 Å². The van der Waals surface area contributed by atoms with Crippen LogP contribution in [0.2, 0.25) is 0 Å². The van der Waals surface area contributed by atoms with Crippen molar-refractivity contribution >= 4 is 5.82 Å². The van der Waals surface area contributed by atoms with Crippen LogP contribution in [0.4, 0.5) is 5.82 Å². The summed E-state index contributed by atoms with van der Waals surface area (Å²) in [6, 6.07) is 4.34. The van der Waals surface area contributed by atoms with Crippen LogP contribution in [0.3, 0.4) is 0 Å². The molecule has 0 spiro atoms. The Morgan fingerprint density at radius 1 is 1.44 bits per heavy atom. The second-order valence-electron chi connectivity index (χ2n) is 5.70. The van der Waals surface area contributed by atoms with Gasteiger partial charge in [0.05, 0.1) is 0 Å². The van der Waals surface area contributed by atoms with E-state index in [-0.39, 0.29) is 6.04 Å². The van der Waals surface area contributed by atoms with E-state index in [2.05, 4.69) is 23.0 Å². The molecule has 1 heterocycles. The number of hydrogen-bond donors (Lipinski definition) is 1. The molecule has 1 aliphatic carbocycles. The number of nitrogens with two attached hydrogens (primary N) is 1. The molecule has 1 aliphatic rings. The van der Waals surface area contributed by atoms with Gasteiger partial charge in [-0.1, -0.05) is 18.9 Å². The van der Waals surface area contributed by atoms with Gasteiger partial charge in [0.1, 0.15) is 5.82 Å². The molecule has 3 heteroatoms. The second-order valence-corrected chi connectivity index (χ2v) is 5.70. The van der Waals surface area contributed by atoms with Gasteiger partial charge in [0.25, 0.3) is 0 Å². The molecule has 1 aromatic heterocycles. The second kappa shape index (κ2) is 6.19. The van der Waals surface area contributed by atoms with E-state index in [1.165, 1.54) is 31.2 Å². The quantitative estimate of drug-likeness (QED) is 0.869. The number of pyridine rings is 1. The molecule has 100 valence electrons. The third kappa shape index (κ3) is 3.45. The Kier molecular flexibility index (Phi) is 4.59. The molecule has 0 saturated heterocycles. The Morgan fingerprint density at radius 2 is 2.17 bits per heavy atom. The van der Waals surface area contributed by atoms with Gasteiger partial charge in [-0.05, 0) is 43.7 Å². The zero-order valence-electron chi connectivity index (χ0n) is 11.6. The van der Waals surface area contributed by atoms with Crippen LogP contribution < -0.4 is 10.6 Å². The first-order valence-electron chi connectivity index (χ1n) is 7.07.